The van der Waals surface area contributed by atoms with Gasteiger partial charge in [0, 0.05) is 18.4 Å². The van der Waals surface area contributed by atoms with Crippen molar-refractivity contribution in [1.29, 1.82) is 0 Å². The van der Waals surface area contributed by atoms with Gasteiger partial charge in [0.15, 0.2) is 0 Å². The third kappa shape index (κ3) is 7.82. The first-order chi connectivity index (χ1) is 8.60. The van der Waals surface area contributed by atoms with Crippen molar-refractivity contribution in [3.63, 3.8) is 0 Å². The predicted octanol–water partition coefficient (Wildman–Crippen LogP) is 1.48. The fourth-order valence-corrected chi connectivity index (χ4v) is 1.62. The number of rotatable bonds is 9. The average Bonchev–Trinajstić information content (AvgIpc) is 2.32. The van der Waals surface area contributed by atoms with Crippen LogP contribution in [0.25, 0.3) is 0 Å². The lowest BCUT2D eigenvalue weighted by atomic mass is 9.89. The summed E-state index contributed by atoms with van der Waals surface area (Å²) in [6, 6.07) is 0. The van der Waals surface area contributed by atoms with Gasteiger partial charge in [-0.25, -0.2) is 0 Å². The highest BCUT2D eigenvalue weighted by Crippen LogP contribution is 2.19. The number of nitrogens with zero attached hydrogens (tertiary/aromatic N) is 1. The maximum absolute atomic E-state index is 11.8. The molecule has 0 aromatic carbocycles. The second-order valence-electron chi connectivity index (χ2n) is 6.37. The van der Waals surface area contributed by atoms with Crippen molar-refractivity contribution >= 4 is 11.9 Å². The molecule has 2 N–H and O–H groups in total. The number of hydrogen-bond donors (Lipinski definition) is 2. The Morgan fingerprint density at radius 3 is 2.26 bits per heavy atom. The molecule has 0 aliphatic heterocycles. The van der Waals surface area contributed by atoms with Crippen molar-refractivity contribution in [3.8, 4) is 0 Å². The van der Waals surface area contributed by atoms with Crippen LogP contribution >= 0.6 is 0 Å². The Kier molecular flexibility index (Phi) is 7.05. The number of amides is 1. The third-order valence-electron chi connectivity index (χ3n) is 3.66. The van der Waals surface area contributed by atoms with E-state index in [9.17, 15) is 9.59 Å². The van der Waals surface area contributed by atoms with E-state index in [2.05, 4.69) is 5.32 Å². The van der Waals surface area contributed by atoms with Gasteiger partial charge in [-0.3, -0.25) is 9.59 Å². The van der Waals surface area contributed by atoms with Crippen LogP contribution in [0.4, 0.5) is 0 Å². The smallest absolute Gasteiger partial charge is 0.309 e. The summed E-state index contributed by atoms with van der Waals surface area (Å²) < 4.78 is 0.666. The van der Waals surface area contributed by atoms with Crippen LogP contribution in [0.2, 0.25) is 0 Å². The Labute approximate surface area is 116 Å². The Hall–Kier alpha value is -1.10. The van der Waals surface area contributed by atoms with Crippen molar-refractivity contribution in [2.75, 3.05) is 33.7 Å². The Morgan fingerprint density at radius 2 is 1.79 bits per heavy atom. The van der Waals surface area contributed by atoms with E-state index in [1.54, 1.807) is 0 Å². The first-order valence-corrected chi connectivity index (χ1v) is 6.93. The molecule has 1 amide bonds. The van der Waals surface area contributed by atoms with Gasteiger partial charge >= 0.3 is 5.97 Å². The summed E-state index contributed by atoms with van der Waals surface area (Å²) in [6.07, 6.45) is 1.86. The summed E-state index contributed by atoms with van der Waals surface area (Å²) in [6.45, 7) is 8.01. The van der Waals surface area contributed by atoms with Gasteiger partial charge in [0.1, 0.15) is 0 Å². The van der Waals surface area contributed by atoms with Crippen molar-refractivity contribution in [1.82, 2.24) is 5.32 Å². The lowest BCUT2D eigenvalue weighted by molar-refractivity contribution is -0.889. The highest BCUT2D eigenvalue weighted by atomic mass is 16.4. The van der Waals surface area contributed by atoms with Crippen molar-refractivity contribution in [3.05, 3.63) is 0 Å². The molecule has 0 fully saturated rings. The first kappa shape index (κ1) is 17.9. The Balaban J connectivity index is 3.91. The number of carboxylic acid groups (broad SMARTS) is 1. The molecule has 5 heteroatoms. The van der Waals surface area contributed by atoms with Gasteiger partial charge in [0.2, 0.25) is 5.91 Å². The predicted molar refractivity (Wildman–Crippen MR) is 75.8 cm³/mol. The molecule has 19 heavy (non-hydrogen) atoms. The number of nitrogens with one attached hydrogen (secondary N) is 1. The second-order valence-corrected chi connectivity index (χ2v) is 6.37. The molecule has 0 atom stereocenters. The molecule has 0 spiro atoms. The van der Waals surface area contributed by atoms with E-state index in [1.807, 2.05) is 34.9 Å². The van der Waals surface area contributed by atoms with Gasteiger partial charge < -0.3 is 14.9 Å². The Morgan fingerprint density at radius 1 is 1.21 bits per heavy atom. The summed E-state index contributed by atoms with van der Waals surface area (Å²) in [4.78, 5) is 22.4. The number of aliphatic carboxylic acids is 1. The topological polar surface area (TPSA) is 66.4 Å². The second kappa shape index (κ2) is 7.48. The lowest BCUT2D eigenvalue weighted by Gasteiger charge is -2.29. The molecule has 0 aliphatic carbocycles. The zero-order valence-corrected chi connectivity index (χ0v) is 13.0. The molecule has 0 bridgehead atoms. The van der Waals surface area contributed by atoms with Crippen LogP contribution in [0, 0.1) is 5.41 Å². The van der Waals surface area contributed by atoms with Crippen LogP contribution < -0.4 is 5.32 Å². The number of carbonyl (C=O) groups is 2. The van der Waals surface area contributed by atoms with Gasteiger partial charge in [-0.05, 0) is 6.42 Å². The molecule has 0 unspecified atom stereocenters. The standard InChI is InChI=1S/C14H28N2O3/c1-6-14(2,3)13(19)15-9-7-10-16(4,5)11-8-12(17)18/h6-11H2,1-5H3,(H-,15,17,18,19)/p+1. The normalized spacial score (nSPS) is 12.3. The average molecular weight is 273 g/mol. The molecule has 112 valence electrons. The molecular weight excluding hydrogens is 244 g/mol. The molecule has 0 heterocycles. The van der Waals surface area contributed by atoms with E-state index < -0.39 is 5.97 Å². The van der Waals surface area contributed by atoms with E-state index in [4.69, 9.17) is 5.11 Å². The lowest BCUT2D eigenvalue weighted by Crippen LogP contribution is -2.44. The van der Waals surface area contributed by atoms with Gasteiger partial charge in [0.05, 0.1) is 33.6 Å². The number of carbonyl (C=O) groups excluding carboxylic acids is 1. The minimum absolute atomic E-state index is 0.0887. The van der Waals surface area contributed by atoms with E-state index in [-0.39, 0.29) is 17.7 Å². The van der Waals surface area contributed by atoms with Crippen LogP contribution in [-0.4, -0.2) is 55.2 Å². The van der Waals surface area contributed by atoms with E-state index >= 15 is 0 Å². The zero-order chi connectivity index (χ0) is 15.1. The molecule has 0 aliphatic rings. The van der Waals surface area contributed by atoms with Crippen LogP contribution in [0.15, 0.2) is 0 Å². The fraction of sp³-hybridized carbons (Fsp3) is 0.857. The van der Waals surface area contributed by atoms with Crippen LogP contribution in [0.5, 0.6) is 0 Å². The third-order valence-corrected chi connectivity index (χ3v) is 3.66. The molecule has 0 aromatic heterocycles. The van der Waals surface area contributed by atoms with E-state index in [0.717, 1.165) is 19.4 Å². The molecule has 0 saturated heterocycles. The van der Waals surface area contributed by atoms with Gasteiger partial charge in [-0.1, -0.05) is 20.8 Å². The summed E-state index contributed by atoms with van der Waals surface area (Å²) in [5, 5.41) is 11.6. The maximum Gasteiger partial charge on any atom is 0.309 e. The first-order valence-electron chi connectivity index (χ1n) is 6.93. The van der Waals surface area contributed by atoms with Crippen molar-refractivity contribution in [2.45, 2.75) is 40.0 Å². The van der Waals surface area contributed by atoms with Crippen LogP contribution in [0.1, 0.15) is 40.0 Å². The number of quaternary nitrogens is 1. The highest BCUT2D eigenvalue weighted by Gasteiger charge is 2.24. The summed E-state index contributed by atoms with van der Waals surface area (Å²) in [5.41, 5.74) is -0.312. The molecule has 5 nitrogen and oxygen atoms in total. The number of carboxylic acids is 1. The minimum atomic E-state index is -0.760. The highest BCUT2D eigenvalue weighted by molar-refractivity contribution is 5.81. The SMILES string of the molecule is CCC(C)(C)C(=O)NCCC[N+](C)(C)CCC(=O)O. The van der Waals surface area contributed by atoms with Gasteiger partial charge in [-0.2, -0.15) is 0 Å². The molecular formula is C14H29N2O3+. The van der Waals surface area contributed by atoms with E-state index in [1.165, 1.54) is 0 Å². The molecule has 0 aromatic rings. The van der Waals surface area contributed by atoms with Crippen LogP contribution in [0.3, 0.4) is 0 Å². The van der Waals surface area contributed by atoms with E-state index in [0.29, 0.717) is 17.6 Å². The summed E-state index contributed by atoms with van der Waals surface area (Å²) in [7, 11) is 4.03. The minimum Gasteiger partial charge on any atom is -0.481 e. The number of hydrogen-bond acceptors (Lipinski definition) is 2. The van der Waals surface area contributed by atoms with Crippen molar-refractivity contribution in [2.24, 2.45) is 5.41 Å². The monoisotopic (exact) mass is 273 g/mol. The summed E-state index contributed by atoms with van der Waals surface area (Å²) >= 11 is 0. The summed E-state index contributed by atoms with van der Waals surface area (Å²) in [5.74, 6) is -0.671. The molecule has 0 saturated carbocycles. The van der Waals surface area contributed by atoms with Gasteiger partial charge in [-0.15, -0.1) is 0 Å². The van der Waals surface area contributed by atoms with Gasteiger partial charge in [0.25, 0.3) is 0 Å². The molecule has 0 radical (unpaired) electrons. The molecule has 0 rings (SSSR count). The van der Waals surface area contributed by atoms with Crippen LogP contribution in [-0.2, 0) is 9.59 Å². The van der Waals surface area contributed by atoms with Crippen molar-refractivity contribution < 1.29 is 19.2 Å². The maximum atomic E-state index is 11.8. The zero-order valence-electron chi connectivity index (χ0n) is 13.0. The largest absolute Gasteiger partial charge is 0.481 e. The quantitative estimate of drug-likeness (QED) is 0.494. The fourth-order valence-electron chi connectivity index (χ4n) is 1.62. The Bertz CT molecular complexity index is 312.